The molecule has 2 N–H and O–H groups in total. The molecule has 0 aliphatic heterocycles. The molecule has 0 fully saturated rings. The Morgan fingerprint density at radius 2 is 1.55 bits per heavy atom. The number of nitrogens with zero attached hydrogens (tertiary/aromatic N) is 2. The Kier molecular flexibility index (Phi) is 8.62. The number of anilines is 1. The molecule has 11 heteroatoms. The van der Waals surface area contributed by atoms with Crippen molar-refractivity contribution in [1.82, 2.24) is 5.43 Å². The lowest BCUT2D eigenvalue weighted by Crippen LogP contribution is -2.18. The summed E-state index contributed by atoms with van der Waals surface area (Å²) in [5.41, 5.74) is 4.30. The third kappa shape index (κ3) is 6.94. The highest BCUT2D eigenvalue weighted by Gasteiger charge is 2.22. The number of rotatable bonds is 8. The maximum absolute atomic E-state index is 12.6. The number of aryl methyl sites for hydroxylation is 1. The molecule has 0 bridgehead atoms. The van der Waals surface area contributed by atoms with Gasteiger partial charge in [-0.05, 0) is 73.7 Å². The Morgan fingerprint density at radius 1 is 0.875 bits per heavy atom. The third-order valence-electron chi connectivity index (χ3n) is 5.55. The van der Waals surface area contributed by atoms with Gasteiger partial charge in [0.05, 0.1) is 16.7 Å². The van der Waals surface area contributed by atoms with E-state index in [4.69, 9.17) is 16.3 Å². The minimum absolute atomic E-state index is 0.0889. The zero-order valence-electron chi connectivity index (χ0n) is 21.0. The van der Waals surface area contributed by atoms with Crippen molar-refractivity contribution < 1.29 is 24.0 Å². The number of hydrogen-bond acceptors (Lipinski definition) is 7. The summed E-state index contributed by atoms with van der Waals surface area (Å²) in [6, 6.07) is 23.1. The van der Waals surface area contributed by atoms with Crippen LogP contribution in [0.1, 0.15) is 42.2 Å². The standard InChI is InChI=1S/C29H21ClN4O6/c1-18-4-2-5-21(16-18)27(35)32-24-14-10-19(11-15-24)28(36)33-31-17-22-6-3-7-25(34(38)39)26(22)40-29(37)20-8-12-23(30)13-9-20/h2-17H,1H3,(H,32,35)(H,33,36)/b31-17+. The quantitative estimate of drug-likeness (QED) is 0.0925. The molecule has 0 atom stereocenters. The summed E-state index contributed by atoms with van der Waals surface area (Å²) in [5, 5.41) is 18.6. The Morgan fingerprint density at radius 3 is 2.23 bits per heavy atom. The zero-order chi connectivity index (χ0) is 28.6. The Balaban J connectivity index is 1.44. The predicted octanol–water partition coefficient (Wildman–Crippen LogP) is 5.79. The molecule has 0 saturated carbocycles. The van der Waals surface area contributed by atoms with Crippen LogP contribution in [0.3, 0.4) is 0 Å². The van der Waals surface area contributed by atoms with Crippen LogP contribution in [0.5, 0.6) is 5.75 Å². The van der Waals surface area contributed by atoms with Gasteiger partial charge in [0.25, 0.3) is 11.8 Å². The third-order valence-corrected chi connectivity index (χ3v) is 5.80. The van der Waals surface area contributed by atoms with Gasteiger partial charge < -0.3 is 10.1 Å². The maximum Gasteiger partial charge on any atom is 0.343 e. The fourth-order valence-corrected chi connectivity index (χ4v) is 3.68. The first-order valence-corrected chi connectivity index (χ1v) is 12.2. The lowest BCUT2D eigenvalue weighted by atomic mass is 10.1. The van der Waals surface area contributed by atoms with Crippen LogP contribution < -0.4 is 15.5 Å². The lowest BCUT2D eigenvalue weighted by Gasteiger charge is -2.08. The molecule has 0 heterocycles. The topological polar surface area (TPSA) is 140 Å². The highest BCUT2D eigenvalue weighted by Crippen LogP contribution is 2.31. The van der Waals surface area contributed by atoms with Gasteiger partial charge in [-0.25, -0.2) is 10.2 Å². The van der Waals surface area contributed by atoms with E-state index in [-0.39, 0.29) is 28.3 Å². The fraction of sp³-hybridized carbons (Fsp3) is 0.0345. The van der Waals surface area contributed by atoms with Crippen molar-refractivity contribution in [3.63, 3.8) is 0 Å². The van der Waals surface area contributed by atoms with Crippen molar-refractivity contribution in [1.29, 1.82) is 0 Å². The number of halogens is 1. The van der Waals surface area contributed by atoms with E-state index in [0.29, 0.717) is 16.3 Å². The summed E-state index contributed by atoms with van der Waals surface area (Å²) >= 11 is 5.84. The predicted molar refractivity (Wildman–Crippen MR) is 150 cm³/mol. The molecule has 10 nitrogen and oxygen atoms in total. The van der Waals surface area contributed by atoms with Crippen LogP contribution in [-0.4, -0.2) is 28.9 Å². The van der Waals surface area contributed by atoms with Gasteiger partial charge in [-0.15, -0.1) is 0 Å². The van der Waals surface area contributed by atoms with Gasteiger partial charge >= 0.3 is 11.7 Å². The van der Waals surface area contributed by atoms with Crippen LogP contribution in [0.15, 0.2) is 96.1 Å². The Labute approximate surface area is 233 Å². The van der Waals surface area contributed by atoms with Crippen molar-refractivity contribution >= 4 is 47.0 Å². The monoisotopic (exact) mass is 556 g/mol. The van der Waals surface area contributed by atoms with E-state index in [1.807, 2.05) is 13.0 Å². The number of carbonyl (C=O) groups excluding carboxylic acids is 3. The number of ether oxygens (including phenoxy) is 1. The van der Waals surface area contributed by atoms with Crippen molar-refractivity contribution in [2.45, 2.75) is 6.92 Å². The average molecular weight is 557 g/mol. The summed E-state index contributed by atoms with van der Waals surface area (Å²) in [4.78, 5) is 48.4. The highest BCUT2D eigenvalue weighted by molar-refractivity contribution is 6.30. The minimum Gasteiger partial charge on any atom is -0.415 e. The number of amides is 2. The number of nitrogens with one attached hydrogen (secondary N) is 2. The van der Waals surface area contributed by atoms with E-state index in [1.54, 1.807) is 30.3 Å². The van der Waals surface area contributed by atoms with Gasteiger partial charge in [0.1, 0.15) is 0 Å². The fourth-order valence-electron chi connectivity index (χ4n) is 3.56. The van der Waals surface area contributed by atoms with E-state index < -0.39 is 22.5 Å². The van der Waals surface area contributed by atoms with Gasteiger partial charge in [-0.1, -0.05) is 35.4 Å². The van der Waals surface area contributed by atoms with Crippen molar-refractivity contribution in [3.05, 3.63) is 134 Å². The van der Waals surface area contributed by atoms with E-state index in [2.05, 4.69) is 15.8 Å². The highest BCUT2D eigenvalue weighted by atomic mass is 35.5. The van der Waals surface area contributed by atoms with Crippen molar-refractivity contribution in [2.24, 2.45) is 5.10 Å². The maximum atomic E-state index is 12.6. The first-order chi connectivity index (χ1) is 19.2. The first kappa shape index (κ1) is 27.7. The van der Waals surface area contributed by atoms with Gasteiger partial charge in [-0.3, -0.25) is 19.7 Å². The number of esters is 1. The van der Waals surface area contributed by atoms with Gasteiger partial charge in [0.15, 0.2) is 0 Å². The number of hydrazone groups is 1. The second-order valence-electron chi connectivity index (χ2n) is 8.45. The molecule has 0 aliphatic carbocycles. The number of para-hydroxylation sites is 1. The molecule has 0 aliphatic rings. The summed E-state index contributed by atoms with van der Waals surface area (Å²) < 4.78 is 5.33. The number of nitro benzene ring substituents is 1. The molecule has 4 rings (SSSR count). The van der Waals surface area contributed by atoms with E-state index in [0.717, 1.165) is 11.8 Å². The van der Waals surface area contributed by atoms with Crippen LogP contribution in [0.4, 0.5) is 11.4 Å². The molecular formula is C29H21ClN4O6. The SMILES string of the molecule is Cc1cccc(C(=O)Nc2ccc(C(=O)N/N=C/c3cccc([N+](=O)[O-])c3OC(=O)c3ccc(Cl)cc3)cc2)c1. The molecule has 4 aromatic rings. The summed E-state index contributed by atoms with van der Waals surface area (Å²) in [6.45, 7) is 1.89. The van der Waals surface area contributed by atoms with Crippen LogP contribution in [0, 0.1) is 17.0 Å². The van der Waals surface area contributed by atoms with Crippen LogP contribution in [-0.2, 0) is 0 Å². The largest absolute Gasteiger partial charge is 0.415 e. The zero-order valence-corrected chi connectivity index (χ0v) is 21.7. The van der Waals surface area contributed by atoms with Crippen LogP contribution >= 0.6 is 11.6 Å². The summed E-state index contributed by atoms with van der Waals surface area (Å²) in [7, 11) is 0. The molecule has 0 unspecified atom stereocenters. The van der Waals surface area contributed by atoms with Crippen molar-refractivity contribution in [2.75, 3.05) is 5.32 Å². The van der Waals surface area contributed by atoms with E-state index >= 15 is 0 Å². The molecule has 0 saturated heterocycles. The number of benzene rings is 4. The Hall–Kier alpha value is -5.35. The normalized spacial score (nSPS) is 10.7. The molecule has 0 spiro atoms. The van der Waals surface area contributed by atoms with Gasteiger partial charge in [0.2, 0.25) is 5.75 Å². The lowest BCUT2D eigenvalue weighted by molar-refractivity contribution is -0.385. The smallest absolute Gasteiger partial charge is 0.343 e. The molecular weight excluding hydrogens is 536 g/mol. The minimum atomic E-state index is -0.834. The number of carbonyl (C=O) groups is 3. The molecule has 40 heavy (non-hydrogen) atoms. The molecule has 4 aromatic carbocycles. The second kappa shape index (κ2) is 12.5. The molecule has 2 amide bonds. The van der Waals surface area contributed by atoms with E-state index in [9.17, 15) is 24.5 Å². The van der Waals surface area contributed by atoms with Crippen LogP contribution in [0.2, 0.25) is 5.02 Å². The van der Waals surface area contributed by atoms with Gasteiger partial charge in [-0.2, -0.15) is 5.10 Å². The number of hydrogen-bond donors (Lipinski definition) is 2. The second-order valence-corrected chi connectivity index (χ2v) is 8.89. The number of nitro groups is 1. The molecule has 0 aromatic heterocycles. The van der Waals surface area contributed by atoms with Gasteiger partial charge in [0, 0.05) is 33.5 Å². The van der Waals surface area contributed by atoms with E-state index in [1.165, 1.54) is 54.6 Å². The summed E-state index contributed by atoms with van der Waals surface area (Å²) in [5.74, 6) is -2.02. The van der Waals surface area contributed by atoms with Crippen molar-refractivity contribution in [3.8, 4) is 5.75 Å². The summed E-state index contributed by atoms with van der Waals surface area (Å²) in [6.07, 6.45) is 1.13. The first-order valence-electron chi connectivity index (χ1n) is 11.8. The molecule has 200 valence electrons. The van der Waals surface area contributed by atoms with Crippen LogP contribution in [0.25, 0.3) is 0 Å². The molecule has 0 radical (unpaired) electrons. The average Bonchev–Trinajstić information content (AvgIpc) is 2.94. The Bertz CT molecular complexity index is 1620.